The van der Waals surface area contributed by atoms with Gasteiger partial charge in [-0.1, -0.05) is 0 Å². The summed E-state index contributed by atoms with van der Waals surface area (Å²) < 4.78 is 38.6. The fourth-order valence-corrected chi connectivity index (χ4v) is 2.44. The van der Waals surface area contributed by atoms with Gasteiger partial charge >= 0.3 is 0 Å². The summed E-state index contributed by atoms with van der Waals surface area (Å²) in [5.74, 6) is -0.741. The van der Waals surface area contributed by atoms with E-state index < -0.39 is 15.8 Å². The van der Waals surface area contributed by atoms with E-state index in [1.165, 1.54) is 12.1 Å². The summed E-state index contributed by atoms with van der Waals surface area (Å²) in [5, 5.41) is 5.50. The Labute approximate surface area is 130 Å². The molecule has 9 heteroatoms. The fourth-order valence-electron chi connectivity index (χ4n) is 1.41. The SMILES string of the molecule is CNCCNC(=O)CCNS(=O)(=O)c1ccc(F)cc1.Cl. The third-order valence-electron chi connectivity index (χ3n) is 2.47. The van der Waals surface area contributed by atoms with Gasteiger partial charge in [-0.3, -0.25) is 4.79 Å². The maximum atomic E-state index is 12.7. The van der Waals surface area contributed by atoms with Crippen molar-refractivity contribution in [3.05, 3.63) is 30.1 Å². The number of halogens is 2. The lowest BCUT2D eigenvalue weighted by Gasteiger charge is -2.07. The summed E-state index contributed by atoms with van der Waals surface area (Å²) in [4.78, 5) is 11.3. The molecular formula is C12H19ClFN3O3S. The minimum absolute atomic E-state index is 0. The third kappa shape index (κ3) is 7.37. The molecule has 0 aliphatic heterocycles. The molecule has 3 N–H and O–H groups in total. The van der Waals surface area contributed by atoms with Crippen molar-refractivity contribution in [3.8, 4) is 0 Å². The van der Waals surface area contributed by atoms with Gasteiger partial charge in [0, 0.05) is 26.1 Å². The molecule has 0 aromatic heterocycles. The highest BCUT2D eigenvalue weighted by atomic mass is 35.5. The van der Waals surface area contributed by atoms with Crippen LogP contribution in [0.1, 0.15) is 6.42 Å². The van der Waals surface area contributed by atoms with Crippen LogP contribution in [0.25, 0.3) is 0 Å². The highest BCUT2D eigenvalue weighted by Gasteiger charge is 2.13. The van der Waals surface area contributed by atoms with Crippen molar-refractivity contribution in [2.24, 2.45) is 0 Å². The Morgan fingerprint density at radius 2 is 1.76 bits per heavy atom. The Balaban J connectivity index is 0.00000400. The Hall–Kier alpha value is -1.22. The second-order valence-electron chi connectivity index (χ2n) is 4.06. The summed E-state index contributed by atoms with van der Waals surface area (Å²) in [6.45, 7) is 1.12. The van der Waals surface area contributed by atoms with Crippen molar-refractivity contribution < 1.29 is 17.6 Å². The monoisotopic (exact) mass is 339 g/mol. The number of carbonyl (C=O) groups excluding carboxylic acids is 1. The summed E-state index contributed by atoms with van der Waals surface area (Å²) in [6.07, 6.45) is 0.0458. The Morgan fingerprint density at radius 1 is 1.14 bits per heavy atom. The first-order valence-corrected chi connectivity index (χ1v) is 7.60. The summed E-state index contributed by atoms with van der Waals surface area (Å²) >= 11 is 0. The van der Waals surface area contributed by atoms with Gasteiger partial charge in [-0.05, 0) is 31.3 Å². The van der Waals surface area contributed by atoms with E-state index in [0.717, 1.165) is 12.1 Å². The fraction of sp³-hybridized carbons (Fsp3) is 0.417. The van der Waals surface area contributed by atoms with Crippen LogP contribution in [0.15, 0.2) is 29.2 Å². The van der Waals surface area contributed by atoms with Gasteiger partial charge in [0.1, 0.15) is 5.82 Å². The molecule has 0 bridgehead atoms. The zero-order chi connectivity index (χ0) is 15.0. The highest BCUT2D eigenvalue weighted by Crippen LogP contribution is 2.09. The molecule has 0 radical (unpaired) electrons. The number of amides is 1. The Morgan fingerprint density at radius 3 is 2.33 bits per heavy atom. The lowest BCUT2D eigenvalue weighted by molar-refractivity contribution is -0.120. The van der Waals surface area contributed by atoms with Gasteiger partial charge in [0.25, 0.3) is 0 Å². The van der Waals surface area contributed by atoms with Crippen LogP contribution in [-0.2, 0) is 14.8 Å². The molecule has 0 fully saturated rings. The topological polar surface area (TPSA) is 87.3 Å². The van der Waals surface area contributed by atoms with Crippen molar-refractivity contribution in [3.63, 3.8) is 0 Å². The van der Waals surface area contributed by atoms with Crippen LogP contribution in [-0.4, -0.2) is 41.0 Å². The molecule has 0 saturated heterocycles. The standard InChI is InChI=1S/C12H18FN3O3S.ClH/c1-14-8-9-15-12(17)6-7-16-20(18,19)11-4-2-10(13)3-5-11;/h2-5,14,16H,6-9H2,1H3,(H,15,17);1H. The Kier molecular flexibility index (Phi) is 9.11. The van der Waals surface area contributed by atoms with E-state index in [1.54, 1.807) is 7.05 Å². The van der Waals surface area contributed by atoms with E-state index in [-0.39, 0.29) is 36.2 Å². The van der Waals surface area contributed by atoms with Crippen LogP contribution in [0.2, 0.25) is 0 Å². The van der Waals surface area contributed by atoms with Crippen LogP contribution in [0.4, 0.5) is 4.39 Å². The molecule has 0 aliphatic rings. The van der Waals surface area contributed by atoms with Crippen LogP contribution >= 0.6 is 12.4 Å². The van der Waals surface area contributed by atoms with Gasteiger partial charge in [-0.2, -0.15) is 0 Å². The minimum Gasteiger partial charge on any atom is -0.355 e. The molecule has 6 nitrogen and oxygen atoms in total. The van der Waals surface area contributed by atoms with E-state index in [9.17, 15) is 17.6 Å². The van der Waals surface area contributed by atoms with Gasteiger partial charge in [0.2, 0.25) is 15.9 Å². The summed E-state index contributed by atoms with van der Waals surface area (Å²) in [5.41, 5.74) is 0. The van der Waals surface area contributed by atoms with E-state index >= 15 is 0 Å². The van der Waals surface area contributed by atoms with Gasteiger partial charge in [0.15, 0.2) is 0 Å². The number of hydrogen-bond acceptors (Lipinski definition) is 4. The van der Waals surface area contributed by atoms with Crippen molar-refractivity contribution >= 4 is 28.3 Å². The lowest BCUT2D eigenvalue weighted by Crippen LogP contribution is -2.33. The zero-order valence-corrected chi connectivity index (χ0v) is 13.2. The number of likely N-dealkylation sites (N-methyl/N-ethyl adjacent to an activating group) is 1. The third-order valence-corrected chi connectivity index (χ3v) is 3.94. The number of sulfonamides is 1. The second kappa shape index (κ2) is 9.67. The molecule has 0 spiro atoms. The molecule has 0 unspecified atom stereocenters. The van der Waals surface area contributed by atoms with Crippen LogP contribution in [0.5, 0.6) is 0 Å². The number of carbonyl (C=O) groups is 1. The molecule has 1 amide bonds. The number of nitrogens with one attached hydrogen (secondary N) is 3. The van der Waals surface area contributed by atoms with Crippen LogP contribution < -0.4 is 15.4 Å². The van der Waals surface area contributed by atoms with Crippen molar-refractivity contribution in [1.82, 2.24) is 15.4 Å². The molecule has 1 rings (SSSR count). The van der Waals surface area contributed by atoms with Gasteiger partial charge in [0.05, 0.1) is 4.90 Å². The number of hydrogen-bond donors (Lipinski definition) is 3. The summed E-state index contributed by atoms with van der Waals surface area (Å²) in [7, 11) is -1.94. The van der Waals surface area contributed by atoms with Gasteiger partial charge in [-0.15, -0.1) is 12.4 Å². The Bertz CT molecular complexity index is 537. The first kappa shape index (κ1) is 19.8. The molecule has 0 aliphatic carbocycles. The predicted molar refractivity (Wildman–Crippen MR) is 80.4 cm³/mol. The predicted octanol–water partition coefficient (Wildman–Crippen LogP) is 0.252. The van der Waals surface area contributed by atoms with Gasteiger partial charge < -0.3 is 10.6 Å². The molecule has 0 atom stereocenters. The molecular weight excluding hydrogens is 321 g/mol. The molecule has 21 heavy (non-hydrogen) atoms. The maximum absolute atomic E-state index is 12.7. The highest BCUT2D eigenvalue weighted by molar-refractivity contribution is 7.89. The minimum atomic E-state index is -3.71. The molecule has 0 heterocycles. The van der Waals surface area contributed by atoms with E-state index in [2.05, 4.69) is 15.4 Å². The lowest BCUT2D eigenvalue weighted by atomic mass is 10.4. The first-order chi connectivity index (χ1) is 9.45. The second-order valence-corrected chi connectivity index (χ2v) is 5.82. The average Bonchev–Trinajstić information content (AvgIpc) is 2.39. The van der Waals surface area contributed by atoms with Crippen molar-refractivity contribution in [2.75, 3.05) is 26.7 Å². The van der Waals surface area contributed by atoms with Gasteiger partial charge in [-0.25, -0.2) is 17.5 Å². The molecule has 1 aromatic carbocycles. The quantitative estimate of drug-likeness (QED) is 0.593. The van der Waals surface area contributed by atoms with E-state index in [1.807, 2.05) is 0 Å². The van der Waals surface area contributed by atoms with E-state index in [0.29, 0.717) is 13.1 Å². The zero-order valence-electron chi connectivity index (χ0n) is 11.6. The number of rotatable bonds is 8. The molecule has 0 saturated carbocycles. The molecule has 120 valence electrons. The average molecular weight is 340 g/mol. The first-order valence-electron chi connectivity index (χ1n) is 6.12. The summed E-state index contributed by atoms with van der Waals surface area (Å²) in [6, 6.07) is 4.48. The number of benzene rings is 1. The van der Waals surface area contributed by atoms with E-state index in [4.69, 9.17) is 0 Å². The largest absolute Gasteiger partial charge is 0.355 e. The van der Waals surface area contributed by atoms with Crippen molar-refractivity contribution in [2.45, 2.75) is 11.3 Å². The van der Waals surface area contributed by atoms with Crippen LogP contribution in [0, 0.1) is 5.82 Å². The molecule has 1 aromatic rings. The van der Waals surface area contributed by atoms with Crippen molar-refractivity contribution in [1.29, 1.82) is 0 Å². The maximum Gasteiger partial charge on any atom is 0.240 e. The van der Waals surface area contributed by atoms with Crippen LogP contribution in [0.3, 0.4) is 0 Å². The normalized spacial score (nSPS) is 10.8. The smallest absolute Gasteiger partial charge is 0.240 e.